The number of thiophene rings is 1. The van der Waals surface area contributed by atoms with E-state index in [2.05, 4.69) is 10.5 Å². The molecular formula is C20H16N2O4S. The summed E-state index contributed by atoms with van der Waals surface area (Å²) in [6.07, 6.45) is 2.95. The van der Waals surface area contributed by atoms with Crippen molar-refractivity contribution in [3.8, 4) is 11.3 Å². The van der Waals surface area contributed by atoms with Crippen LogP contribution in [0, 0.1) is 0 Å². The Balaban J connectivity index is 1.52. The molecule has 0 unspecified atom stereocenters. The van der Waals surface area contributed by atoms with Crippen molar-refractivity contribution in [2.24, 2.45) is 0 Å². The van der Waals surface area contributed by atoms with Crippen molar-refractivity contribution in [2.75, 3.05) is 6.54 Å². The summed E-state index contributed by atoms with van der Waals surface area (Å²) in [5, 5.41) is 19.6. The molecule has 0 bridgehead atoms. The minimum absolute atomic E-state index is 0.0284. The van der Waals surface area contributed by atoms with Gasteiger partial charge in [-0.2, -0.15) is 0 Å². The van der Waals surface area contributed by atoms with Gasteiger partial charge in [-0.25, -0.2) is 0 Å². The molecule has 0 fully saturated rings. The molecule has 1 amide bonds. The maximum absolute atomic E-state index is 12.5. The van der Waals surface area contributed by atoms with Crippen LogP contribution in [0.15, 0.2) is 81.4 Å². The van der Waals surface area contributed by atoms with Crippen molar-refractivity contribution >= 4 is 17.2 Å². The molecule has 7 heteroatoms. The number of carbonyl (C=O) groups is 1. The van der Waals surface area contributed by atoms with Gasteiger partial charge in [0.15, 0.2) is 11.5 Å². The topological polar surface area (TPSA) is 88.5 Å². The molecule has 0 aliphatic carbocycles. The molecule has 0 aliphatic heterocycles. The number of benzene rings is 1. The van der Waals surface area contributed by atoms with E-state index in [0.717, 1.165) is 5.56 Å². The summed E-state index contributed by atoms with van der Waals surface area (Å²) < 4.78 is 10.4. The van der Waals surface area contributed by atoms with E-state index in [1.807, 2.05) is 47.8 Å². The third-order valence-corrected chi connectivity index (χ3v) is 5.25. The molecule has 1 aromatic carbocycles. The zero-order valence-corrected chi connectivity index (χ0v) is 15.0. The molecule has 6 nitrogen and oxygen atoms in total. The third kappa shape index (κ3) is 3.42. The van der Waals surface area contributed by atoms with Crippen LogP contribution in [0.5, 0.6) is 0 Å². The molecule has 1 atom stereocenters. The van der Waals surface area contributed by atoms with Crippen molar-refractivity contribution in [1.29, 1.82) is 0 Å². The second-order valence-corrected chi connectivity index (χ2v) is 6.92. The molecule has 3 aromatic heterocycles. The Labute approximate surface area is 159 Å². The SMILES string of the molecule is O=C(NC[C@@](O)(c1ccoc1)c1cccs1)c1cc(-c2ccccc2)on1. The van der Waals surface area contributed by atoms with E-state index in [1.165, 1.54) is 23.9 Å². The van der Waals surface area contributed by atoms with Crippen LogP contribution in [0.1, 0.15) is 20.9 Å². The second kappa shape index (κ2) is 7.22. The Morgan fingerprint density at radius 1 is 1.19 bits per heavy atom. The number of furan rings is 1. The van der Waals surface area contributed by atoms with E-state index in [9.17, 15) is 9.90 Å². The quantitative estimate of drug-likeness (QED) is 0.533. The Hall–Kier alpha value is -3.16. The van der Waals surface area contributed by atoms with Crippen LogP contribution < -0.4 is 5.32 Å². The number of hydrogen-bond donors (Lipinski definition) is 2. The maximum atomic E-state index is 12.5. The van der Waals surface area contributed by atoms with E-state index in [1.54, 1.807) is 12.1 Å². The Bertz CT molecular complexity index is 973. The summed E-state index contributed by atoms with van der Waals surface area (Å²) >= 11 is 1.40. The second-order valence-electron chi connectivity index (χ2n) is 5.97. The molecule has 2 N–H and O–H groups in total. The van der Waals surface area contributed by atoms with Gasteiger partial charge in [0.25, 0.3) is 5.91 Å². The zero-order valence-electron chi connectivity index (χ0n) is 14.2. The van der Waals surface area contributed by atoms with Gasteiger partial charge in [0.1, 0.15) is 5.60 Å². The maximum Gasteiger partial charge on any atom is 0.273 e. The first-order chi connectivity index (χ1) is 13.2. The number of aliphatic hydroxyl groups is 1. The molecular weight excluding hydrogens is 364 g/mol. The molecule has 0 saturated heterocycles. The highest BCUT2D eigenvalue weighted by molar-refractivity contribution is 7.10. The van der Waals surface area contributed by atoms with Crippen LogP contribution >= 0.6 is 11.3 Å². The van der Waals surface area contributed by atoms with Crippen LogP contribution in [0.2, 0.25) is 0 Å². The van der Waals surface area contributed by atoms with Gasteiger partial charge in [0, 0.05) is 22.1 Å². The van der Waals surface area contributed by atoms with E-state index in [4.69, 9.17) is 8.94 Å². The van der Waals surface area contributed by atoms with E-state index in [-0.39, 0.29) is 12.2 Å². The van der Waals surface area contributed by atoms with Gasteiger partial charge < -0.3 is 19.4 Å². The Morgan fingerprint density at radius 3 is 2.74 bits per heavy atom. The molecule has 27 heavy (non-hydrogen) atoms. The summed E-state index contributed by atoms with van der Waals surface area (Å²) in [4.78, 5) is 13.2. The number of rotatable bonds is 6. The van der Waals surface area contributed by atoms with Crippen molar-refractivity contribution in [3.63, 3.8) is 0 Å². The van der Waals surface area contributed by atoms with Crippen LogP contribution in [0.25, 0.3) is 11.3 Å². The lowest BCUT2D eigenvalue weighted by molar-refractivity contribution is 0.0709. The van der Waals surface area contributed by atoms with Gasteiger partial charge in [-0.05, 0) is 17.5 Å². The lowest BCUT2D eigenvalue weighted by atomic mass is 9.94. The Morgan fingerprint density at radius 2 is 2.04 bits per heavy atom. The van der Waals surface area contributed by atoms with Crippen LogP contribution in [0.3, 0.4) is 0 Å². The van der Waals surface area contributed by atoms with Crippen molar-refractivity contribution in [3.05, 3.63) is 88.6 Å². The normalized spacial score (nSPS) is 13.2. The largest absolute Gasteiger partial charge is 0.472 e. The standard InChI is InChI=1S/C20H16N2O4S/c23-19(16-11-17(26-22-16)14-5-2-1-3-6-14)21-13-20(24,15-8-9-25-12-15)18-7-4-10-27-18/h1-12,24H,13H2,(H,21,23)/t20-/m1/s1. The highest BCUT2D eigenvalue weighted by Crippen LogP contribution is 2.32. The summed E-state index contributed by atoms with van der Waals surface area (Å²) in [6, 6.07) is 16.3. The average molecular weight is 380 g/mol. The van der Waals surface area contributed by atoms with Gasteiger partial charge in [-0.1, -0.05) is 41.6 Å². The first-order valence-corrected chi connectivity index (χ1v) is 9.14. The van der Waals surface area contributed by atoms with Crippen LogP contribution in [-0.4, -0.2) is 22.7 Å². The summed E-state index contributed by atoms with van der Waals surface area (Å²) in [7, 11) is 0. The first-order valence-electron chi connectivity index (χ1n) is 8.26. The molecule has 0 radical (unpaired) electrons. The molecule has 4 rings (SSSR count). The van der Waals surface area contributed by atoms with E-state index < -0.39 is 11.5 Å². The van der Waals surface area contributed by atoms with Gasteiger partial charge in [0.2, 0.25) is 0 Å². The number of carbonyl (C=O) groups excluding carboxylic acids is 1. The first kappa shape index (κ1) is 17.3. The lowest BCUT2D eigenvalue weighted by Crippen LogP contribution is -2.41. The smallest absolute Gasteiger partial charge is 0.273 e. The van der Waals surface area contributed by atoms with Gasteiger partial charge in [0.05, 0.1) is 19.1 Å². The van der Waals surface area contributed by atoms with Crippen molar-refractivity contribution in [2.45, 2.75) is 5.60 Å². The molecule has 0 aliphatic rings. The van der Waals surface area contributed by atoms with Crippen molar-refractivity contribution in [1.82, 2.24) is 10.5 Å². The fourth-order valence-electron chi connectivity index (χ4n) is 2.76. The number of nitrogens with zero attached hydrogens (tertiary/aromatic N) is 1. The summed E-state index contributed by atoms with van der Waals surface area (Å²) in [6.45, 7) is -0.0284. The van der Waals surface area contributed by atoms with Crippen molar-refractivity contribution < 1.29 is 18.8 Å². The van der Waals surface area contributed by atoms with E-state index in [0.29, 0.717) is 16.2 Å². The predicted molar refractivity (Wildman–Crippen MR) is 100 cm³/mol. The van der Waals surface area contributed by atoms with Gasteiger partial charge in [-0.15, -0.1) is 11.3 Å². The van der Waals surface area contributed by atoms with Crippen LogP contribution in [-0.2, 0) is 5.60 Å². The lowest BCUT2D eigenvalue weighted by Gasteiger charge is -2.26. The molecule has 0 spiro atoms. The minimum Gasteiger partial charge on any atom is -0.472 e. The average Bonchev–Trinajstić information content (AvgIpc) is 3.48. The zero-order chi connectivity index (χ0) is 18.7. The number of nitrogens with one attached hydrogen (secondary N) is 1. The molecule has 3 heterocycles. The number of aromatic nitrogens is 1. The predicted octanol–water partition coefficient (Wildman–Crippen LogP) is 3.66. The fraction of sp³-hybridized carbons (Fsp3) is 0.100. The molecule has 4 aromatic rings. The van der Waals surface area contributed by atoms with Gasteiger partial charge in [-0.3, -0.25) is 4.79 Å². The molecule has 136 valence electrons. The number of hydrogen-bond acceptors (Lipinski definition) is 6. The molecule has 0 saturated carbocycles. The highest BCUT2D eigenvalue weighted by atomic mass is 32.1. The third-order valence-electron chi connectivity index (χ3n) is 4.23. The fourth-order valence-corrected chi connectivity index (χ4v) is 3.61. The van der Waals surface area contributed by atoms with Gasteiger partial charge >= 0.3 is 0 Å². The highest BCUT2D eigenvalue weighted by Gasteiger charge is 2.34. The Kier molecular flexibility index (Phi) is 4.62. The number of amides is 1. The minimum atomic E-state index is -1.39. The van der Waals surface area contributed by atoms with E-state index >= 15 is 0 Å². The summed E-state index contributed by atoms with van der Waals surface area (Å²) in [5.41, 5.74) is 0.158. The summed E-state index contributed by atoms with van der Waals surface area (Å²) in [5.74, 6) is 0.0727. The van der Waals surface area contributed by atoms with Crippen LogP contribution in [0.4, 0.5) is 0 Å². The monoisotopic (exact) mass is 380 g/mol.